The molecule has 0 aromatic heterocycles. The van der Waals surface area contributed by atoms with Crippen molar-refractivity contribution in [3.05, 3.63) is 23.3 Å². The van der Waals surface area contributed by atoms with Crippen LogP contribution in [0.4, 0.5) is 0 Å². The maximum absolute atomic E-state index is 13.3. The van der Waals surface area contributed by atoms with Gasteiger partial charge in [-0.25, -0.2) is 4.79 Å². The Labute approximate surface area is 206 Å². The van der Waals surface area contributed by atoms with Crippen molar-refractivity contribution in [3.63, 3.8) is 0 Å². The Balaban J connectivity index is 1.37. The topological polar surface area (TPSA) is 117 Å². The number of cyclic esters (lactones) is 1. The van der Waals surface area contributed by atoms with E-state index in [0.29, 0.717) is 31.3 Å². The summed E-state index contributed by atoms with van der Waals surface area (Å²) in [5, 5.41) is 35.0. The summed E-state index contributed by atoms with van der Waals surface area (Å²) in [5.41, 5.74) is -1.27. The third-order valence-electron chi connectivity index (χ3n) is 11.7. The first-order chi connectivity index (χ1) is 16.4. The molecule has 0 radical (unpaired) electrons. The van der Waals surface area contributed by atoms with Gasteiger partial charge in [0.05, 0.1) is 23.7 Å². The molecule has 13 atom stereocenters. The minimum absolute atomic E-state index is 0.0517. The number of allylic oxidation sites excluding steroid dienone is 1. The highest BCUT2D eigenvalue weighted by Crippen LogP contribution is 2.71. The zero-order valence-corrected chi connectivity index (χ0v) is 21.2. The normalized spacial score (nSPS) is 55.5. The van der Waals surface area contributed by atoms with Crippen molar-refractivity contribution in [3.8, 4) is 0 Å². The van der Waals surface area contributed by atoms with Crippen LogP contribution < -0.4 is 0 Å². The standard InChI is InChI=1S/C28H38O7/c1-12-9-18(34-25(32)13(12)2)14(3)15-10-17(29)22-21-16(11-20(31)26(15,22)4)27(5)19(30)7-6-8-28(27,33)24-23(21)35-24/h6-7,14-18,20-24,29,31,33H,8-11H2,1-5H3/t14-,15+,16-,17+,18+,20-,21+,22-,23-,24-,26-,27-,28-/m0/s1. The summed E-state index contributed by atoms with van der Waals surface area (Å²) in [6.45, 7) is 9.73. The monoisotopic (exact) mass is 486 g/mol. The number of fused-ring (bicyclic) bond motifs is 8. The summed E-state index contributed by atoms with van der Waals surface area (Å²) in [6.07, 6.45) is 2.83. The Morgan fingerprint density at radius 1 is 1.14 bits per heavy atom. The van der Waals surface area contributed by atoms with Gasteiger partial charge in [-0.15, -0.1) is 0 Å². The van der Waals surface area contributed by atoms with E-state index in [1.165, 1.54) is 0 Å². The molecule has 35 heavy (non-hydrogen) atoms. The number of carbonyl (C=O) groups excluding carboxylic acids is 2. The molecule has 1 saturated heterocycles. The van der Waals surface area contributed by atoms with Crippen LogP contribution in [0.2, 0.25) is 0 Å². The molecule has 192 valence electrons. The molecular formula is C28H38O7. The lowest BCUT2D eigenvalue weighted by molar-refractivity contribution is -0.207. The van der Waals surface area contributed by atoms with E-state index in [1.54, 1.807) is 19.1 Å². The summed E-state index contributed by atoms with van der Waals surface area (Å²) in [7, 11) is 0. The summed E-state index contributed by atoms with van der Waals surface area (Å²) < 4.78 is 11.9. The molecule has 6 aliphatic rings. The van der Waals surface area contributed by atoms with Gasteiger partial charge in [-0.05, 0) is 75.7 Å². The van der Waals surface area contributed by atoms with Gasteiger partial charge in [0.2, 0.25) is 0 Å². The second-order valence-corrected chi connectivity index (χ2v) is 12.8. The molecule has 4 aliphatic carbocycles. The average Bonchev–Trinajstić information content (AvgIpc) is 3.55. The zero-order valence-electron chi connectivity index (χ0n) is 21.2. The number of ether oxygens (including phenoxy) is 2. The van der Waals surface area contributed by atoms with Gasteiger partial charge in [-0.1, -0.05) is 25.5 Å². The molecule has 7 heteroatoms. The number of hydrogen-bond donors (Lipinski definition) is 3. The average molecular weight is 487 g/mol. The number of rotatable bonds is 2. The van der Waals surface area contributed by atoms with Crippen molar-refractivity contribution in [2.24, 2.45) is 40.4 Å². The van der Waals surface area contributed by atoms with Crippen molar-refractivity contribution in [1.29, 1.82) is 0 Å². The van der Waals surface area contributed by atoms with Gasteiger partial charge in [-0.2, -0.15) is 0 Å². The van der Waals surface area contributed by atoms with Crippen LogP contribution in [0, 0.1) is 40.4 Å². The van der Waals surface area contributed by atoms with Crippen LogP contribution in [0.15, 0.2) is 23.3 Å². The summed E-state index contributed by atoms with van der Waals surface area (Å²) in [4.78, 5) is 25.7. The predicted octanol–water partition coefficient (Wildman–Crippen LogP) is 2.32. The second-order valence-electron chi connectivity index (χ2n) is 12.8. The molecule has 3 saturated carbocycles. The van der Waals surface area contributed by atoms with Crippen LogP contribution >= 0.6 is 0 Å². The van der Waals surface area contributed by atoms with E-state index in [-0.39, 0.29) is 53.6 Å². The second kappa shape index (κ2) is 7.27. The number of aliphatic hydroxyl groups excluding tert-OH is 2. The molecule has 0 spiro atoms. The van der Waals surface area contributed by atoms with E-state index in [0.717, 1.165) is 5.57 Å². The lowest BCUT2D eigenvalue weighted by Crippen LogP contribution is -2.69. The fraction of sp³-hybridized carbons (Fsp3) is 0.786. The lowest BCUT2D eigenvalue weighted by atomic mass is 9.42. The highest BCUT2D eigenvalue weighted by molar-refractivity contribution is 5.97. The molecular weight excluding hydrogens is 448 g/mol. The van der Waals surface area contributed by atoms with Crippen molar-refractivity contribution in [2.45, 2.75) is 96.4 Å². The quantitative estimate of drug-likeness (QED) is 0.405. The van der Waals surface area contributed by atoms with E-state index in [1.807, 2.05) is 13.8 Å². The zero-order chi connectivity index (χ0) is 25.2. The van der Waals surface area contributed by atoms with Crippen LogP contribution in [-0.4, -0.2) is 63.2 Å². The van der Waals surface area contributed by atoms with Gasteiger partial charge in [0.25, 0.3) is 0 Å². The Bertz CT molecular complexity index is 1050. The Hall–Kier alpha value is -1.54. The smallest absolute Gasteiger partial charge is 0.333 e. The summed E-state index contributed by atoms with van der Waals surface area (Å²) in [6, 6.07) is 0. The molecule has 4 fully saturated rings. The lowest BCUT2D eigenvalue weighted by Gasteiger charge is -2.61. The molecule has 2 aliphatic heterocycles. The van der Waals surface area contributed by atoms with Gasteiger partial charge < -0.3 is 24.8 Å². The largest absolute Gasteiger partial charge is 0.458 e. The molecule has 3 N–H and O–H groups in total. The summed E-state index contributed by atoms with van der Waals surface area (Å²) >= 11 is 0. The van der Waals surface area contributed by atoms with E-state index >= 15 is 0 Å². The fourth-order valence-corrected chi connectivity index (χ4v) is 9.31. The first-order valence-electron chi connectivity index (χ1n) is 13.2. The van der Waals surface area contributed by atoms with Crippen LogP contribution in [0.1, 0.15) is 60.3 Å². The van der Waals surface area contributed by atoms with Crippen LogP contribution in [0.5, 0.6) is 0 Å². The number of ketones is 1. The molecule has 0 aromatic carbocycles. The van der Waals surface area contributed by atoms with Crippen LogP contribution in [0.3, 0.4) is 0 Å². The molecule has 6 rings (SSSR count). The maximum Gasteiger partial charge on any atom is 0.333 e. The number of hydrogen-bond acceptors (Lipinski definition) is 7. The van der Waals surface area contributed by atoms with Crippen molar-refractivity contribution >= 4 is 11.8 Å². The minimum Gasteiger partial charge on any atom is -0.458 e. The maximum atomic E-state index is 13.3. The van der Waals surface area contributed by atoms with Crippen molar-refractivity contribution in [1.82, 2.24) is 0 Å². The van der Waals surface area contributed by atoms with Gasteiger partial charge in [0.1, 0.15) is 17.8 Å². The Morgan fingerprint density at radius 2 is 1.86 bits per heavy atom. The van der Waals surface area contributed by atoms with Gasteiger partial charge in [-0.3, -0.25) is 4.79 Å². The Morgan fingerprint density at radius 3 is 2.54 bits per heavy atom. The number of epoxide rings is 1. The summed E-state index contributed by atoms with van der Waals surface area (Å²) in [5.74, 6) is -1.19. The third-order valence-corrected chi connectivity index (χ3v) is 11.7. The first kappa shape index (κ1) is 23.8. The number of carbonyl (C=O) groups is 2. The highest BCUT2D eigenvalue weighted by Gasteiger charge is 2.79. The SMILES string of the molecule is CC1=C(C)C(=O)O[C@@H]([C@@H](C)[C@H]2C[C@@H](O)[C@H]3[C@@H]4[C@@H]5O[C@@H]5[C@@]5(O)CC=CC(=O)[C@]5(C)[C@H]4C[C@H](O)[C@@]32C)C1. The van der Waals surface area contributed by atoms with Gasteiger partial charge in [0.15, 0.2) is 5.78 Å². The van der Waals surface area contributed by atoms with Crippen molar-refractivity contribution in [2.75, 3.05) is 0 Å². The van der Waals surface area contributed by atoms with E-state index < -0.39 is 34.7 Å². The van der Waals surface area contributed by atoms with E-state index in [9.17, 15) is 24.9 Å². The number of esters is 1. The minimum atomic E-state index is -1.29. The number of aliphatic hydroxyl groups is 3. The molecule has 0 unspecified atom stereocenters. The molecule has 0 aromatic rings. The van der Waals surface area contributed by atoms with Gasteiger partial charge in [0, 0.05) is 17.4 Å². The van der Waals surface area contributed by atoms with E-state index in [4.69, 9.17) is 9.47 Å². The molecule has 2 heterocycles. The first-order valence-corrected chi connectivity index (χ1v) is 13.2. The Kier molecular flexibility index (Phi) is 4.95. The van der Waals surface area contributed by atoms with E-state index in [2.05, 4.69) is 13.8 Å². The highest BCUT2D eigenvalue weighted by atomic mass is 16.6. The third kappa shape index (κ3) is 2.76. The van der Waals surface area contributed by atoms with Crippen LogP contribution in [0.25, 0.3) is 0 Å². The molecule has 7 nitrogen and oxygen atoms in total. The van der Waals surface area contributed by atoms with Gasteiger partial charge >= 0.3 is 5.97 Å². The molecule has 0 bridgehead atoms. The van der Waals surface area contributed by atoms with Crippen molar-refractivity contribution < 1.29 is 34.4 Å². The van der Waals surface area contributed by atoms with Crippen LogP contribution in [-0.2, 0) is 19.1 Å². The predicted molar refractivity (Wildman–Crippen MR) is 126 cm³/mol. The molecule has 0 amide bonds. The fourth-order valence-electron chi connectivity index (χ4n) is 9.31.